The maximum Gasteiger partial charge on any atom is 0.0619 e. The Morgan fingerprint density at radius 2 is 1.39 bits per heavy atom. The first-order valence-corrected chi connectivity index (χ1v) is 12.8. The van der Waals surface area contributed by atoms with Crippen LogP contribution in [0.4, 0.5) is 0 Å². The van der Waals surface area contributed by atoms with Crippen molar-refractivity contribution in [3.8, 4) is 0 Å². The lowest BCUT2D eigenvalue weighted by molar-refractivity contribution is 0.837. The van der Waals surface area contributed by atoms with E-state index in [1.165, 1.54) is 55.0 Å². The third-order valence-corrected chi connectivity index (χ3v) is 7.55. The average Bonchev–Trinajstić information content (AvgIpc) is 3.30. The lowest BCUT2D eigenvalue weighted by Gasteiger charge is -2.22. The molecule has 7 rings (SSSR count). The van der Waals surface area contributed by atoms with Crippen LogP contribution in [0.2, 0.25) is 0 Å². The number of rotatable bonds is 4. The van der Waals surface area contributed by atoms with Gasteiger partial charge in [-0.15, -0.1) is 0 Å². The van der Waals surface area contributed by atoms with Gasteiger partial charge in [-0.05, 0) is 47.1 Å². The monoisotopic (exact) mass is 461 g/mol. The van der Waals surface area contributed by atoms with Gasteiger partial charge in [-0.1, -0.05) is 121 Å². The number of benzene rings is 5. The first-order valence-electron chi connectivity index (χ1n) is 12.8. The van der Waals surface area contributed by atoms with Crippen molar-refractivity contribution >= 4 is 38.3 Å². The van der Waals surface area contributed by atoms with Crippen LogP contribution in [0.1, 0.15) is 29.0 Å². The van der Waals surface area contributed by atoms with Crippen LogP contribution in [0.15, 0.2) is 133 Å². The molecular formula is C35H27N. The summed E-state index contributed by atoms with van der Waals surface area (Å²) in [4.78, 5) is 0. The van der Waals surface area contributed by atoms with E-state index in [-0.39, 0.29) is 0 Å². The molecule has 1 nitrogen and oxygen atoms in total. The molecule has 5 aromatic carbocycles. The smallest absolute Gasteiger partial charge is 0.0619 e. The molecule has 0 aliphatic heterocycles. The van der Waals surface area contributed by atoms with Gasteiger partial charge in [0.25, 0.3) is 0 Å². The maximum atomic E-state index is 2.54. The molecule has 1 aliphatic carbocycles. The van der Waals surface area contributed by atoms with E-state index in [1.54, 1.807) is 0 Å². The van der Waals surface area contributed by atoms with E-state index in [0.29, 0.717) is 5.92 Å². The molecule has 172 valence electrons. The fourth-order valence-corrected chi connectivity index (χ4v) is 5.93. The van der Waals surface area contributed by atoms with Gasteiger partial charge in [0, 0.05) is 27.8 Å². The predicted molar refractivity (Wildman–Crippen MR) is 153 cm³/mol. The quantitative estimate of drug-likeness (QED) is 0.247. The Morgan fingerprint density at radius 3 is 2.22 bits per heavy atom. The highest BCUT2D eigenvalue weighted by atomic mass is 15.0. The second-order valence-electron chi connectivity index (χ2n) is 9.76. The summed E-state index contributed by atoms with van der Waals surface area (Å²) in [5, 5.41) is 5.31. The zero-order chi connectivity index (χ0) is 23.9. The Balaban J connectivity index is 1.51. The summed E-state index contributed by atoms with van der Waals surface area (Å²) in [6, 6.07) is 41.9. The Kier molecular flexibility index (Phi) is 5.06. The van der Waals surface area contributed by atoms with Crippen molar-refractivity contribution in [2.75, 3.05) is 0 Å². The molecule has 1 aliphatic rings. The summed E-state index contributed by atoms with van der Waals surface area (Å²) >= 11 is 0. The van der Waals surface area contributed by atoms with E-state index in [0.717, 1.165) is 12.8 Å². The van der Waals surface area contributed by atoms with E-state index in [2.05, 4.69) is 138 Å². The third-order valence-electron chi connectivity index (χ3n) is 7.55. The fourth-order valence-electron chi connectivity index (χ4n) is 5.93. The van der Waals surface area contributed by atoms with Gasteiger partial charge in [0.2, 0.25) is 0 Å². The van der Waals surface area contributed by atoms with E-state index in [4.69, 9.17) is 0 Å². The number of para-hydroxylation sites is 1. The highest BCUT2D eigenvalue weighted by Gasteiger charge is 2.22. The topological polar surface area (TPSA) is 4.93 Å². The molecule has 1 aromatic heterocycles. The Morgan fingerprint density at radius 1 is 0.694 bits per heavy atom. The second-order valence-corrected chi connectivity index (χ2v) is 9.76. The van der Waals surface area contributed by atoms with Gasteiger partial charge in [0.15, 0.2) is 0 Å². The molecule has 0 saturated heterocycles. The Hall–Kier alpha value is -4.36. The zero-order valence-corrected chi connectivity index (χ0v) is 20.1. The number of aromatic nitrogens is 1. The molecule has 0 amide bonds. The van der Waals surface area contributed by atoms with Crippen LogP contribution in [0, 0.1) is 0 Å². The minimum absolute atomic E-state index is 0.376. The number of allylic oxidation sites excluding steroid dienone is 4. The van der Waals surface area contributed by atoms with Crippen molar-refractivity contribution in [3.05, 3.63) is 150 Å². The second kappa shape index (κ2) is 8.70. The van der Waals surface area contributed by atoms with Crippen molar-refractivity contribution < 1.29 is 0 Å². The lowest BCUT2D eigenvalue weighted by atomic mass is 9.90. The van der Waals surface area contributed by atoms with E-state index in [1.807, 2.05) is 0 Å². The molecule has 0 N–H and O–H groups in total. The van der Waals surface area contributed by atoms with Crippen molar-refractivity contribution in [3.63, 3.8) is 0 Å². The molecule has 0 radical (unpaired) electrons. The van der Waals surface area contributed by atoms with Gasteiger partial charge in [-0.3, -0.25) is 0 Å². The van der Waals surface area contributed by atoms with Gasteiger partial charge >= 0.3 is 0 Å². The van der Waals surface area contributed by atoms with Crippen molar-refractivity contribution in [2.45, 2.75) is 18.8 Å². The van der Waals surface area contributed by atoms with E-state index in [9.17, 15) is 0 Å². The van der Waals surface area contributed by atoms with Crippen LogP contribution in [0.5, 0.6) is 0 Å². The van der Waals surface area contributed by atoms with Crippen LogP contribution >= 0.6 is 0 Å². The number of nitrogens with zero attached hydrogens (tertiary/aromatic N) is 1. The van der Waals surface area contributed by atoms with Crippen molar-refractivity contribution in [2.24, 2.45) is 0 Å². The van der Waals surface area contributed by atoms with E-state index < -0.39 is 0 Å². The largest absolute Gasteiger partial charge is 0.312 e. The van der Waals surface area contributed by atoms with Gasteiger partial charge in [0.1, 0.15) is 0 Å². The highest BCUT2D eigenvalue weighted by Crippen LogP contribution is 2.42. The normalized spacial score (nSPS) is 15.6. The SMILES string of the molecule is C1=CC(c2ccccc2)CC(n2c3ccccc3c3c(Cc4ccccc4)cc4ccccc4c32)=C1. The zero-order valence-electron chi connectivity index (χ0n) is 20.1. The standard InChI is InChI=1S/C35H27N/c1-3-12-25(13-4-1)22-29-23-28-16-7-8-19-31(28)35-34(29)32-20-9-10-21-33(32)36(35)30-18-11-17-27(24-30)26-14-5-2-6-15-26/h1-21,23,27H,22,24H2. The molecule has 0 spiro atoms. The molecule has 0 bridgehead atoms. The summed E-state index contributed by atoms with van der Waals surface area (Å²) in [5.41, 5.74) is 8.06. The molecule has 36 heavy (non-hydrogen) atoms. The Labute approximate surface area is 211 Å². The number of hydrogen-bond donors (Lipinski definition) is 0. The minimum atomic E-state index is 0.376. The van der Waals surface area contributed by atoms with Gasteiger partial charge in [0.05, 0.1) is 11.0 Å². The molecule has 0 fully saturated rings. The Bertz CT molecular complexity index is 1770. The van der Waals surface area contributed by atoms with Gasteiger partial charge in [-0.25, -0.2) is 0 Å². The number of hydrogen-bond acceptors (Lipinski definition) is 0. The molecule has 6 aromatic rings. The van der Waals surface area contributed by atoms with Crippen LogP contribution in [-0.2, 0) is 6.42 Å². The summed E-state index contributed by atoms with van der Waals surface area (Å²) < 4.78 is 2.54. The number of fused-ring (bicyclic) bond motifs is 5. The molecule has 0 saturated carbocycles. The molecule has 1 unspecified atom stereocenters. The molecule has 1 atom stereocenters. The van der Waals surface area contributed by atoms with Crippen LogP contribution in [0.25, 0.3) is 38.3 Å². The maximum absolute atomic E-state index is 2.54. The van der Waals surface area contributed by atoms with Crippen molar-refractivity contribution in [1.82, 2.24) is 4.57 Å². The first kappa shape index (κ1) is 21.0. The van der Waals surface area contributed by atoms with Gasteiger partial charge < -0.3 is 4.57 Å². The highest BCUT2D eigenvalue weighted by molar-refractivity contribution is 6.20. The summed E-state index contributed by atoms with van der Waals surface area (Å²) in [6.07, 6.45) is 8.79. The summed E-state index contributed by atoms with van der Waals surface area (Å²) in [5.74, 6) is 0.376. The molecule has 1 heterocycles. The third kappa shape index (κ3) is 3.48. The fraction of sp³-hybridized carbons (Fsp3) is 0.0857. The van der Waals surface area contributed by atoms with Gasteiger partial charge in [-0.2, -0.15) is 0 Å². The summed E-state index contributed by atoms with van der Waals surface area (Å²) in [7, 11) is 0. The lowest BCUT2D eigenvalue weighted by Crippen LogP contribution is -2.06. The summed E-state index contributed by atoms with van der Waals surface area (Å²) in [6.45, 7) is 0. The predicted octanol–water partition coefficient (Wildman–Crippen LogP) is 9.12. The minimum Gasteiger partial charge on any atom is -0.312 e. The van der Waals surface area contributed by atoms with Crippen LogP contribution < -0.4 is 0 Å². The van der Waals surface area contributed by atoms with Crippen molar-refractivity contribution in [1.29, 1.82) is 0 Å². The molecular weight excluding hydrogens is 434 g/mol. The molecule has 1 heteroatoms. The van der Waals surface area contributed by atoms with Crippen LogP contribution in [-0.4, -0.2) is 4.57 Å². The van der Waals surface area contributed by atoms with E-state index >= 15 is 0 Å². The van der Waals surface area contributed by atoms with Crippen LogP contribution in [0.3, 0.4) is 0 Å². The average molecular weight is 462 g/mol. The first-order chi connectivity index (χ1) is 17.9.